The van der Waals surface area contributed by atoms with Gasteiger partial charge in [0.2, 0.25) is 0 Å². The summed E-state index contributed by atoms with van der Waals surface area (Å²) in [4.78, 5) is 39.0. The second kappa shape index (κ2) is 9.55. The number of likely N-dealkylation sites (N-methyl/N-ethyl adjacent to an activating group) is 1. The number of hydrogen-bond donors (Lipinski definition) is 1. The molecule has 8 nitrogen and oxygen atoms in total. The number of amides is 1. The van der Waals surface area contributed by atoms with Crippen LogP contribution in [-0.2, 0) is 0 Å². The Bertz CT molecular complexity index is 1580. The third-order valence-electron chi connectivity index (χ3n) is 6.80. The van der Waals surface area contributed by atoms with Crippen LogP contribution >= 0.6 is 0 Å². The number of carbonyl (C=O) groups excluding carboxylic acids is 1. The summed E-state index contributed by atoms with van der Waals surface area (Å²) >= 11 is 0. The van der Waals surface area contributed by atoms with Crippen molar-refractivity contribution in [1.29, 1.82) is 0 Å². The topological polar surface area (TPSA) is 90.9 Å². The van der Waals surface area contributed by atoms with E-state index in [1.54, 1.807) is 0 Å². The van der Waals surface area contributed by atoms with Crippen LogP contribution in [0.4, 0.5) is 0 Å². The maximum Gasteiger partial charge on any atom is 0.253 e. The minimum Gasteiger partial charge on any atom is -0.346 e. The first-order chi connectivity index (χ1) is 18.0. The second-order valence-corrected chi connectivity index (χ2v) is 9.44. The quantitative estimate of drug-likeness (QED) is 0.401. The highest BCUT2D eigenvalue weighted by molar-refractivity contribution is 5.95. The van der Waals surface area contributed by atoms with Crippen molar-refractivity contribution in [2.45, 2.75) is 6.92 Å². The molecule has 0 spiro atoms. The molecule has 0 bridgehead atoms. The van der Waals surface area contributed by atoms with E-state index < -0.39 is 0 Å². The number of nitrogens with zero attached hydrogens (tertiary/aromatic N) is 6. The fourth-order valence-electron chi connectivity index (χ4n) is 4.67. The highest BCUT2D eigenvalue weighted by Crippen LogP contribution is 2.30. The molecule has 6 rings (SSSR count). The lowest BCUT2D eigenvalue weighted by molar-refractivity contribution is 0.0664. The molecule has 5 aromatic rings. The predicted octanol–water partition coefficient (Wildman–Crippen LogP) is 4.44. The maximum atomic E-state index is 12.9. The van der Waals surface area contributed by atoms with Crippen molar-refractivity contribution in [2.24, 2.45) is 0 Å². The molecule has 1 saturated heterocycles. The number of fused-ring (bicyclic) bond motifs is 1. The predicted molar refractivity (Wildman–Crippen MR) is 144 cm³/mol. The largest absolute Gasteiger partial charge is 0.346 e. The van der Waals surface area contributed by atoms with E-state index in [1.165, 1.54) is 0 Å². The Balaban J connectivity index is 1.32. The van der Waals surface area contributed by atoms with Crippen LogP contribution in [0.25, 0.3) is 44.9 Å². The number of hydrogen-bond acceptors (Lipinski definition) is 6. The van der Waals surface area contributed by atoms with Crippen molar-refractivity contribution < 1.29 is 4.79 Å². The number of aryl methyl sites for hydroxylation is 1. The average Bonchev–Trinajstić information content (AvgIpc) is 3.42. The molecule has 5 heterocycles. The molecule has 1 N–H and O–H groups in total. The number of piperazine rings is 1. The molecule has 0 atom stereocenters. The van der Waals surface area contributed by atoms with E-state index in [0.717, 1.165) is 71.0 Å². The number of carbonyl (C=O) groups is 1. The molecule has 1 aliphatic rings. The van der Waals surface area contributed by atoms with Crippen LogP contribution in [0.2, 0.25) is 0 Å². The number of H-pyrrole nitrogens is 1. The summed E-state index contributed by atoms with van der Waals surface area (Å²) in [5, 5.41) is 0.920. The summed E-state index contributed by atoms with van der Waals surface area (Å²) < 4.78 is 0. The van der Waals surface area contributed by atoms with Gasteiger partial charge < -0.3 is 14.8 Å². The summed E-state index contributed by atoms with van der Waals surface area (Å²) in [6.07, 6.45) is 5.51. The smallest absolute Gasteiger partial charge is 0.253 e. The van der Waals surface area contributed by atoms with Crippen molar-refractivity contribution in [1.82, 2.24) is 34.7 Å². The van der Waals surface area contributed by atoms with Crippen LogP contribution in [0, 0.1) is 6.92 Å². The average molecular weight is 490 g/mol. The lowest BCUT2D eigenvalue weighted by Crippen LogP contribution is -2.47. The highest BCUT2D eigenvalue weighted by Gasteiger charge is 2.20. The van der Waals surface area contributed by atoms with Crippen LogP contribution in [0.1, 0.15) is 16.1 Å². The number of nitrogens with one attached hydrogen (secondary N) is 1. The molecule has 1 aromatic carbocycles. The Morgan fingerprint density at radius 2 is 1.65 bits per heavy atom. The van der Waals surface area contributed by atoms with Crippen molar-refractivity contribution >= 4 is 16.9 Å². The van der Waals surface area contributed by atoms with Gasteiger partial charge in [-0.1, -0.05) is 18.2 Å². The molecule has 0 radical (unpaired) electrons. The van der Waals surface area contributed by atoms with Crippen LogP contribution in [-0.4, -0.2) is 73.9 Å². The molecule has 37 heavy (non-hydrogen) atoms. The van der Waals surface area contributed by atoms with Crippen molar-refractivity contribution in [3.8, 4) is 33.9 Å². The number of rotatable bonds is 4. The van der Waals surface area contributed by atoms with Crippen molar-refractivity contribution in [3.63, 3.8) is 0 Å². The minimum atomic E-state index is 0.0830. The molecule has 0 aliphatic carbocycles. The van der Waals surface area contributed by atoms with Gasteiger partial charge in [-0.3, -0.25) is 9.78 Å². The third-order valence-corrected chi connectivity index (χ3v) is 6.80. The van der Waals surface area contributed by atoms with E-state index in [4.69, 9.17) is 9.97 Å². The van der Waals surface area contributed by atoms with Gasteiger partial charge in [0.05, 0.1) is 5.69 Å². The summed E-state index contributed by atoms with van der Waals surface area (Å²) in [5.74, 6) is 0.644. The Hall–Kier alpha value is -4.43. The van der Waals surface area contributed by atoms with Gasteiger partial charge in [-0.05, 0) is 55.9 Å². The molecular weight excluding hydrogens is 462 g/mol. The monoisotopic (exact) mass is 489 g/mol. The van der Waals surface area contributed by atoms with Crippen LogP contribution in [0.3, 0.4) is 0 Å². The molecule has 4 aromatic heterocycles. The van der Waals surface area contributed by atoms with E-state index in [-0.39, 0.29) is 5.91 Å². The Kier molecular flexibility index (Phi) is 5.94. The molecule has 1 amide bonds. The molecular formula is C29H27N7O. The first kappa shape index (κ1) is 23.0. The number of aromatic amines is 1. The van der Waals surface area contributed by atoms with E-state index in [9.17, 15) is 4.79 Å². The summed E-state index contributed by atoms with van der Waals surface area (Å²) in [6.45, 7) is 5.28. The van der Waals surface area contributed by atoms with Gasteiger partial charge >= 0.3 is 0 Å². The zero-order valence-corrected chi connectivity index (χ0v) is 20.8. The summed E-state index contributed by atoms with van der Waals surface area (Å²) in [5.41, 5.74) is 6.71. The number of pyridine rings is 2. The number of benzene rings is 1. The van der Waals surface area contributed by atoms with Gasteiger partial charge in [-0.25, -0.2) is 15.0 Å². The van der Waals surface area contributed by atoms with E-state index in [2.05, 4.69) is 33.0 Å². The van der Waals surface area contributed by atoms with E-state index >= 15 is 0 Å². The Labute approximate surface area is 215 Å². The van der Waals surface area contributed by atoms with Crippen molar-refractivity contribution in [2.75, 3.05) is 33.2 Å². The lowest BCUT2D eigenvalue weighted by Gasteiger charge is -2.32. The lowest BCUT2D eigenvalue weighted by atomic mass is 10.0. The summed E-state index contributed by atoms with van der Waals surface area (Å²) in [7, 11) is 2.08. The van der Waals surface area contributed by atoms with Crippen LogP contribution in [0.15, 0.2) is 73.2 Å². The minimum absolute atomic E-state index is 0.0830. The normalized spacial score (nSPS) is 14.3. The van der Waals surface area contributed by atoms with E-state index in [1.807, 2.05) is 78.9 Å². The van der Waals surface area contributed by atoms with Gasteiger partial charge in [0.1, 0.15) is 11.3 Å². The zero-order chi connectivity index (χ0) is 25.4. The zero-order valence-electron chi connectivity index (χ0n) is 20.8. The second-order valence-electron chi connectivity index (χ2n) is 9.44. The van der Waals surface area contributed by atoms with Crippen molar-refractivity contribution in [3.05, 3.63) is 84.4 Å². The van der Waals surface area contributed by atoms with Gasteiger partial charge in [0.15, 0.2) is 5.82 Å². The third kappa shape index (κ3) is 4.59. The fourth-order valence-corrected chi connectivity index (χ4v) is 4.67. The van der Waals surface area contributed by atoms with Gasteiger partial charge in [-0.15, -0.1) is 0 Å². The number of aromatic nitrogens is 5. The SMILES string of the molecule is Cc1cccc(-c2nc(-c3cncc(-c4ccc(C(=O)N5CCN(C)CC5)cc4)c3)c3cc[nH]c3n2)n1. The van der Waals surface area contributed by atoms with Gasteiger partial charge in [-0.2, -0.15) is 0 Å². The molecule has 0 unspecified atom stereocenters. The standard InChI is InChI=1S/C29H27N7O/c1-19-4-3-5-25(32-19)28-33-26(24-10-11-31-27(24)34-28)23-16-22(17-30-18-23)20-6-8-21(9-7-20)29(37)36-14-12-35(2)13-15-36/h3-11,16-18H,12-15H2,1-2H3,(H,31,33,34). The highest BCUT2D eigenvalue weighted by atomic mass is 16.2. The first-order valence-electron chi connectivity index (χ1n) is 12.4. The summed E-state index contributed by atoms with van der Waals surface area (Å²) in [6, 6.07) is 17.7. The van der Waals surface area contributed by atoms with Gasteiger partial charge in [0, 0.05) is 72.5 Å². The molecule has 1 fully saturated rings. The first-order valence-corrected chi connectivity index (χ1v) is 12.4. The maximum absolute atomic E-state index is 12.9. The molecule has 1 aliphatic heterocycles. The van der Waals surface area contributed by atoms with E-state index in [0.29, 0.717) is 11.4 Å². The van der Waals surface area contributed by atoms with Crippen LogP contribution in [0.5, 0.6) is 0 Å². The Morgan fingerprint density at radius 3 is 2.43 bits per heavy atom. The molecule has 0 saturated carbocycles. The van der Waals surface area contributed by atoms with Gasteiger partial charge in [0.25, 0.3) is 5.91 Å². The fraction of sp³-hybridized carbons (Fsp3) is 0.207. The molecule has 8 heteroatoms. The Morgan fingerprint density at radius 1 is 0.865 bits per heavy atom. The van der Waals surface area contributed by atoms with Crippen LogP contribution < -0.4 is 0 Å². The molecule has 184 valence electrons.